The maximum absolute atomic E-state index is 13.0. The Hall–Kier alpha value is -1.57. The molecular weight excluding hydrogens is 258 g/mol. The molecule has 2 aliphatic carbocycles. The molecule has 1 N–H and O–H groups in total. The number of rotatable bonds is 2. The normalized spacial score (nSPS) is 29.7. The molecule has 2 heteroatoms. The lowest BCUT2D eigenvalue weighted by molar-refractivity contribution is -0.123. The fraction of sp³-hybridized carbons (Fsp3) is 0.526. The molecule has 1 aromatic carbocycles. The van der Waals surface area contributed by atoms with Crippen molar-refractivity contribution >= 4 is 11.6 Å². The molecule has 1 amide bonds. The summed E-state index contributed by atoms with van der Waals surface area (Å²) in [6.07, 6.45) is 3.07. The standard InChI is InChI=1S/C19H25NO/c1-12-7-6-8-16(13(12)2)20-17(21)19-10-9-15(11-19)18(4,5)14(19)3/h6-8,15H,3,9-11H2,1-2,4-5H3,(H,20,21)/t15-,19+/m0/s1. The summed E-state index contributed by atoms with van der Waals surface area (Å²) in [6, 6.07) is 6.07. The van der Waals surface area contributed by atoms with Crippen molar-refractivity contribution in [1.82, 2.24) is 0 Å². The van der Waals surface area contributed by atoms with E-state index in [9.17, 15) is 4.79 Å². The van der Waals surface area contributed by atoms with Crippen molar-refractivity contribution in [2.45, 2.75) is 47.0 Å². The quantitative estimate of drug-likeness (QED) is 0.788. The molecule has 2 atom stereocenters. The number of hydrogen-bond donors (Lipinski definition) is 1. The van der Waals surface area contributed by atoms with Gasteiger partial charge >= 0.3 is 0 Å². The number of carbonyl (C=O) groups is 1. The van der Waals surface area contributed by atoms with Crippen molar-refractivity contribution in [3.63, 3.8) is 0 Å². The molecule has 0 aliphatic heterocycles. The largest absolute Gasteiger partial charge is 0.325 e. The molecule has 0 heterocycles. The molecule has 2 saturated carbocycles. The molecule has 0 unspecified atom stereocenters. The van der Waals surface area contributed by atoms with E-state index in [1.54, 1.807) is 0 Å². The highest BCUT2D eigenvalue weighted by Crippen LogP contribution is 2.65. The van der Waals surface area contributed by atoms with Gasteiger partial charge in [0.25, 0.3) is 0 Å². The smallest absolute Gasteiger partial charge is 0.234 e. The first kappa shape index (κ1) is 14.4. The summed E-state index contributed by atoms with van der Waals surface area (Å²) in [4.78, 5) is 13.0. The Kier molecular flexibility index (Phi) is 3.05. The van der Waals surface area contributed by atoms with E-state index in [2.05, 4.69) is 45.7 Å². The molecule has 21 heavy (non-hydrogen) atoms. The number of fused-ring (bicyclic) bond motifs is 2. The summed E-state index contributed by atoms with van der Waals surface area (Å²) in [5.41, 5.74) is 4.19. The highest BCUT2D eigenvalue weighted by Gasteiger charge is 2.60. The van der Waals surface area contributed by atoms with Crippen LogP contribution in [-0.4, -0.2) is 5.91 Å². The average Bonchev–Trinajstić information content (AvgIpc) is 2.96. The van der Waals surface area contributed by atoms with Gasteiger partial charge in [0.2, 0.25) is 5.91 Å². The fourth-order valence-electron chi connectivity index (χ4n) is 4.27. The van der Waals surface area contributed by atoms with E-state index in [4.69, 9.17) is 0 Å². The van der Waals surface area contributed by atoms with E-state index < -0.39 is 0 Å². The fourth-order valence-corrected chi connectivity index (χ4v) is 4.27. The third kappa shape index (κ3) is 1.88. The van der Waals surface area contributed by atoms with Crippen LogP contribution < -0.4 is 5.32 Å². The van der Waals surface area contributed by atoms with Crippen molar-refractivity contribution < 1.29 is 4.79 Å². The maximum atomic E-state index is 13.0. The van der Waals surface area contributed by atoms with Crippen LogP contribution >= 0.6 is 0 Å². The molecule has 0 spiro atoms. The molecule has 2 aliphatic rings. The van der Waals surface area contributed by atoms with Gasteiger partial charge in [0.05, 0.1) is 5.41 Å². The van der Waals surface area contributed by atoms with Gasteiger partial charge in [0.15, 0.2) is 0 Å². The van der Waals surface area contributed by atoms with Gasteiger partial charge in [-0.15, -0.1) is 0 Å². The van der Waals surface area contributed by atoms with Crippen LogP contribution in [0.3, 0.4) is 0 Å². The average molecular weight is 283 g/mol. The number of nitrogens with one attached hydrogen (secondary N) is 1. The Morgan fingerprint density at radius 1 is 1.33 bits per heavy atom. The first-order valence-corrected chi connectivity index (χ1v) is 7.86. The van der Waals surface area contributed by atoms with Crippen molar-refractivity contribution in [2.75, 3.05) is 5.32 Å². The molecule has 2 nitrogen and oxygen atoms in total. The van der Waals surface area contributed by atoms with E-state index in [0.717, 1.165) is 36.1 Å². The Balaban J connectivity index is 1.90. The molecular formula is C19H25NO. The molecule has 1 aromatic rings. The predicted molar refractivity (Wildman–Crippen MR) is 87.2 cm³/mol. The maximum Gasteiger partial charge on any atom is 0.234 e. The second-order valence-corrected chi connectivity index (χ2v) is 7.42. The number of anilines is 1. The van der Waals surface area contributed by atoms with Crippen LogP contribution in [0.25, 0.3) is 0 Å². The molecule has 2 bridgehead atoms. The number of benzene rings is 1. The first-order valence-electron chi connectivity index (χ1n) is 7.86. The number of carbonyl (C=O) groups excluding carboxylic acids is 1. The van der Waals surface area contributed by atoms with Crippen LogP contribution in [0.5, 0.6) is 0 Å². The van der Waals surface area contributed by atoms with Gasteiger partial charge in [-0.05, 0) is 61.6 Å². The minimum atomic E-state index is -0.343. The van der Waals surface area contributed by atoms with Gasteiger partial charge in [0, 0.05) is 5.69 Å². The monoisotopic (exact) mass is 283 g/mol. The van der Waals surface area contributed by atoms with Crippen LogP contribution in [0.2, 0.25) is 0 Å². The summed E-state index contributed by atoms with van der Waals surface area (Å²) < 4.78 is 0. The van der Waals surface area contributed by atoms with Crippen LogP contribution in [0.1, 0.15) is 44.2 Å². The number of aryl methyl sites for hydroxylation is 1. The summed E-state index contributed by atoms with van der Waals surface area (Å²) in [5.74, 6) is 0.753. The summed E-state index contributed by atoms with van der Waals surface area (Å²) >= 11 is 0. The van der Waals surface area contributed by atoms with Crippen molar-refractivity contribution in [1.29, 1.82) is 0 Å². The summed E-state index contributed by atoms with van der Waals surface area (Å²) in [7, 11) is 0. The van der Waals surface area contributed by atoms with E-state index in [1.807, 2.05) is 12.1 Å². The van der Waals surface area contributed by atoms with Gasteiger partial charge < -0.3 is 5.32 Å². The van der Waals surface area contributed by atoms with Gasteiger partial charge in [0.1, 0.15) is 0 Å². The van der Waals surface area contributed by atoms with Gasteiger partial charge in [-0.1, -0.05) is 38.1 Å². The van der Waals surface area contributed by atoms with Crippen LogP contribution in [-0.2, 0) is 4.79 Å². The van der Waals surface area contributed by atoms with E-state index in [0.29, 0.717) is 5.92 Å². The van der Waals surface area contributed by atoms with E-state index in [1.165, 1.54) is 5.56 Å². The second kappa shape index (κ2) is 4.46. The zero-order chi connectivity index (χ0) is 15.4. The van der Waals surface area contributed by atoms with E-state index >= 15 is 0 Å². The Labute approximate surface area is 127 Å². The zero-order valence-electron chi connectivity index (χ0n) is 13.5. The number of amides is 1. The van der Waals surface area contributed by atoms with Crippen LogP contribution in [0.15, 0.2) is 30.4 Å². The third-order valence-corrected chi connectivity index (χ3v) is 6.18. The Morgan fingerprint density at radius 3 is 2.67 bits per heavy atom. The summed E-state index contributed by atoms with van der Waals surface area (Å²) in [6.45, 7) is 12.9. The topological polar surface area (TPSA) is 29.1 Å². The molecule has 3 rings (SSSR count). The van der Waals surface area contributed by atoms with Crippen molar-refractivity contribution in [3.8, 4) is 0 Å². The SMILES string of the molecule is C=C1C(C)(C)[C@H]2CC[C@@]1(C(=O)Nc1cccc(C)c1C)C2. The Bertz CT molecular complexity index is 628. The highest BCUT2D eigenvalue weighted by molar-refractivity contribution is 5.99. The highest BCUT2D eigenvalue weighted by atomic mass is 16.2. The lowest BCUT2D eigenvalue weighted by atomic mass is 9.68. The molecule has 0 aromatic heterocycles. The van der Waals surface area contributed by atoms with Gasteiger partial charge in [-0.25, -0.2) is 0 Å². The van der Waals surface area contributed by atoms with Crippen molar-refractivity contribution in [3.05, 3.63) is 41.5 Å². The minimum absolute atomic E-state index is 0.0945. The van der Waals surface area contributed by atoms with Gasteiger partial charge in [-0.2, -0.15) is 0 Å². The molecule has 0 radical (unpaired) electrons. The number of hydrogen-bond acceptors (Lipinski definition) is 1. The first-order chi connectivity index (χ1) is 9.79. The molecule has 112 valence electrons. The van der Waals surface area contributed by atoms with Crippen LogP contribution in [0.4, 0.5) is 5.69 Å². The zero-order valence-corrected chi connectivity index (χ0v) is 13.5. The third-order valence-electron chi connectivity index (χ3n) is 6.18. The van der Waals surface area contributed by atoms with E-state index in [-0.39, 0.29) is 16.7 Å². The lowest BCUT2D eigenvalue weighted by Crippen LogP contribution is -2.37. The summed E-state index contributed by atoms with van der Waals surface area (Å²) in [5, 5.41) is 3.18. The van der Waals surface area contributed by atoms with Gasteiger partial charge in [-0.3, -0.25) is 4.79 Å². The second-order valence-electron chi connectivity index (χ2n) is 7.42. The molecule has 0 saturated heterocycles. The van der Waals surface area contributed by atoms with Crippen LogP contribution in [0, 0.1) is 30.6 Å². The predicted octanol–water partition coefficient (Wildman–Crippen LogP) is 4.62. The molecule has 2 fully saturated rings. The minimum Gasteiger partial charge on any atom is -0.325 e. The Morgan fingerprint density at radius 2 is 2.05 bits per heavy atom. The van der Waals surface area contributed by atoms with Crippen molar-refractivity contribution in [2.24, 2.45) is 16.7 Å². The lowest BCUT2D eigenvalue weighted by Gasteiger charge is -2.37.